The topological polar surface area (TPSA) is 107 Å². The zero-order valence-electron chi connectivity index (χ0n) is 17.3. The van der Waals surface area contributed by atoms with E-state index >= 15 is 0 Å². The van der Waals surface area contributed by atoms with E-state index in [9.17, 15) is 14.3 Å². The number of rotatable bonds is 0. The molecule has 5 rings (SSSR count). The number of pyridine rings is 1. The van der Waals surface area contributed by atoms with Gasteiger partial charge in [0.05, 0.1) is 29.7 Å². The van der Waals surface area contributed by atoms with Crippen LogP contribution in [0.1, 0.15) is 23.8 Å². The van der Waals surface area contributed by atoms with E-state index < -0.39 is 18.0 Å². The normalized spacial score (nSPS) is 25.6. The Labute approximate surface area is 180 Å². The number of carbonyl (C=O) groups is 1. The Hall–Kier alpha value is -3.11. The van der Waals surface area contributed by atoms with Crippen molar-refractivity contribution in [2.45, 2.75) is 25.5 Å². The third-order valence-electron chi connectivity index (χ3n) is 5.54. The van der Waals surface area contributed by atoms with Gasteiger partial charge in [-0.3, -0.25) is 9.69 Å². The number of anilines is 3. The van der Waals surface area contributed by atoms with Gasteiger partial charge in [-0.25, -0.2) is 15.0 Å². The van der Waals surface area contributed by atoms with E-state index in [0.717, 1.165) is 19.6 Å². The number of amides is 1. The molecule has 0 aromatic carbocycles. The lowest BCUT2D eigenvalue weighted by Gasteiger charge is -2.36. The summed E-state index contributed by atoms with van der Waals surface area (Å²) in [5.41, 5.74) is 1.18. The maximum Gasteiger partial charge on any atom is 0.274 e. The predicted octanol–water partition coefficient (Wildman–Crippen LogP) is 1.51. The molecule has 9 nitrogen and oxygen atoms in total. The van der Waals surface area contributed by atoms with Crippen LogP contribution in [0, 0.1) is 5.95 Å². The van der Waals surface area contributed by atoms with Gasteiger partial charge in [-0.15, -0.1) is 0 Å². The van der Waals surface area contributed by atoms with E-state index in [1.807, 2.05) is 17.9 Å². The first-order chi connectivity index (χ1) is 15.0. The van der Waals surface area contributed by atoms with Gasteiger partial charge in [-0.05, 0) is 19.4 Å². The average Bonchev–Trinajstić information content (AvgIpc) is 2.77. The molecule has 0 radical (unpaired) electrons. The first-order valence-electron chi connectivity index (χ1n) is 10.4. The maximum absolute atomic E-state index is 13.9. The van der Waals surface area contributed by atoms with Crippen molar-refractivity contribution < 1.29 is 14.3 Å². The largest absolute Gasteiger partial charge is 0.391 e. The van der Waals surface area contributed by atoms with Gasteiger partial charge in [0.1, 0.15) is 5.69 Å². The summed E-state index contributed by atoms with van der Waals surface area (Å²) < 4.78 is 13.9. The van der Waals surface area contributed by atoms with Crippen LogP contribution in [0.2, 0.25) is 0 Å². The lowest BCUT2D eigenvalue weighted by molar-refractivity contribution is 0.102. The number of nitrogens with zero attached hydrogens (tertiary/aromatic N) is 5. The highest BCUT2D eigenvalue weighted by Gasteiger charge is 2.22. The van der Waals surface area contributed by atoms with Gasteiger partial charge in [0.25, 0.3) is 5.91 Å². The van der Waals surface area contributed by atoms with Crippen LogP contribution in [0.4, 0.5) is 21.7 Å². The average molecular weight is 427 g/mol. The number of hydrogen-bond acceptors (Lipinski definition) is 8. The molecule has 3 aliphatic heterocycles. The highest BCUT2D eigenvalue weighted by atomic mass is 19.1. The first kappa shape index (κ1) is 21.1. The number of carbonyl (C=O) groups excluding carboxylic acids is 1. The van der Waals surface area contributed by atoms with Gasteiger partial charge in [0.15, 0.2) is 0 Å². The van der Waals surface area contributed by atoms with Gasteiger partial charge in [0, 0.05) is 45.0 Å². The summed E-state index contributed by atoms with van der Waals surface area (Å²) in [7, 11) is 0. The number of aliphatic hydroxyl groups is 1. The molecule has 5 heterocycles. The standard InChI is InChI=1S/C21H26FN7O2/c1-14-18(30)4-2-3-7-28-8-10-29(11-9-28)17-12-19(22)24-13-16(17)26-20(31)15-5-6-23-21(25-14)27-15/h2-3,5-6,12-14,18,30H,4,7-11H2,1H3,(H,26,31)(H,23,25,27)/b3-2+/t14-,18-/m0/s1. The monoisotopic (exact) mass is 427 g/mol. The minimum Gasteiger partial charge on any atom is -0.391 e. The summed E-state index contributed by atoms with van der Waals surface area (Å²) in [6.45, 7) is 5.61. The van der Waals surface area contributed by atoms with Gasteiger partial charge < -0.3 is 20.6 Å². The number of aromatic nitrogens is 3. The zero-order valence-corrected chi connectivity index (χ0v) is 17.3. The van der Waals surface area contributed by atoms with Crippen LogP contribution in [0.25, 0.3) is 0 Å². The lowest BCUT2D eigenvalue weighted by atomic mass is 10.1. The van der Waals surface area contributed by atoms with Crippen LogP contribution in [0.15, 0.2) is 36.7 Å². The molecule has 0 spiro atoms. The summed E-state index contributed by atoms with van der Waals surface area (Å²) in [5.74, 6) is -0.798. The molecule has 1 fully saturated rings. The molecule has 31 heavy (non-hydrogen) atoms. The van der Waals surface area contributed by atoms with Crippen LogP contribution >= 0.6 is 0 Å². The number of halogens is 1. The molecular weight excluding hydrogens is 401 g/mol. The Morgan fingerprint density at radius 2 is 2.00 bits per heavy atom. The third-order valence-corrected chi connectivity index (χ3v) is 5.54. The van der Waals surface area contributed by atoms with Crippen molar-refractivity contribution >= 4 is 23.2 Å². The second-order valence-corrected chi connectivity index (χ2v) is 7.74. The number of piperazine rings is 1. The molecule has 2 atom stereocenters. The van der Waals surface area contributed by atoms with Crippen LogP contribution in [0.3, 0.4) is 0 Å². The first-order valence-corrected chi connectivity index (χ1v) is 10.4. The van der Waals surface area contributed by atoms with Crippen LogP contribution in [-0.2, 0) is 0 Å². The highest BCUT2D eigenvalue weighted by Crippen LogP contribution is 2.27. The number of hydrogen-bond donors (Lipinski definition) is 3. The van der Waals surface area contributed by atoms with Gasteiger partial charge >= 0.3 is 0 Å². The second-order valence-electron chi connectivity index (χ2n) is 7.74. The summed E-state index contributed by atoms with van der Waals surface area (Å²) in [5, 5.41) is 16.3. The van der Waals surface area contributed by atoms with E-state index in [4.69, 9.17) is 0 Å². The van der Waals surface area contributed by atoms with Crippen LogP contribution in [0.5, 0.6) is 0 Å². The Morgan fingerprint density at radius 1 is 1.19 bits per heavy atom. The maximum atomic E-state index is 13.9. The van der Waals surface area contributed by atoms with Crippen molar-refractivity contribution in [3.05, 3.63) is 48.3 Å². The zero-order chi connectivity index (χ0) is 21.8. The molecule has 4 bridgehead atoms. The van der Waals surface area contributed by atoms with Gasteiger partial charge in [-0.2, -0.15) is 4.39 Å². The van der Waals surface area contributed by atoms with Crippen molar-refractivity contribution in [1.82, 2.24) is 19.9 Å². The molecule has 3 aliphatic rings. The summed E-state index contributed by atoms with van der Waals surface area (Å²) in [4.78, 5) is 29.3. The quantitative estimate of drug-likeness (QED) is 0.429. The van der Waals surface area contributed by atoms with E-state index in [0.29, 0.717) is 30.9 Å². The highest BCUT2D eigenvalue weighted by molar-refractivity contribution is 6.04. The number of fused-ring (bicyclic) bond motifs is 8. The summed E-state index contributed by atoms with van der Waals surface area (Å²) >= 11 is 0. The van der Waals surface area contributed by atoms with E-state index in [1.54, 1.807) is 0 Å². The van der Waals surface area contributed by atoms with E-state index in [2.05, 4.69) is 36.6 Å². The Balaban J connectivity index is 1.65. The fourth-order valence-corrected chi connectivity index (χ4v) is 3.65. The fourth-order valence-electron chi connectivity index (χ4n) is 3.65. The second kappa shape index (κ2) is 9.36. The van der Waals surface area contributed by atoms with Gasteiger partial charge in [0.2, 0.25) is 11.9 Å². The molecule has 164 valence electrons. The van der Waals surface area contributed by atoms with Crippen LogP contribution < -0.4 is 15.5 Å². The van der Waals surface area contributed by atoms with E-state index in [1.165, 1.54) is 24.5 Å². The Morgan fingerprint density at radius 3 is 2.81 bits per heavy atom. The molecule has 0 aliphatic carbocycles. The molecule has 3 N–H and O–H groups in total. The summed E-state index contributed by atoms with van der Waals surface area (Å²) in [6, 6.07) is 2.54. The van der Waals surface area contributed by atoms with Gasteiger partial charge in [-0.1, -0.05) is 12.2 Å². The molecule has 10 heteroatoms. The molecular formula is C21H26FN7O2. The smallest absolute Gasteiger partial charge is 0.274 e. The molecule has 1 amide bonds. The summed E-state index contributed by atoms with van der Waals surface area (Å²) in [6.07, 6.45) is 6.71. The Bertz CT molecular complexity index is 962. The lowest BCUT2D eigenvalue weighted by Crippen LogP contribution is -2.46. The van der Waals surface area contributed by atoms with Crippen molar-refractivity contribution in [3.8, 4) is 0 Å². The molecule has 0 unspecified atom stereocenters. The molecule has 2 aromatic heterocycles. The SMILES string of the molecule is C[C@@H]1Nc2nccc(n2)C(=O)Nc2cnc(F)cc2N2CCN(C/C=C/C[C@@H]1O)CC2. The van der Waals surface area contributed by atoms with Crippen molar-refractivity contribution in [1.29, 1.82) is 0 Å². The number of nitrogens with one attached hydrogen (secondary N) is 2. The Kier molecular flexibility index (Phi) is 6.38. The van der Waals surface area contributed by atoms with Crippen molar-refractivity contribution in [3.63, 3.8) is 0 Å². The van der Waals surface area contributed by atoms with E-state index in [-0.39, 0.29) is 17.7 Å². The molecule has 1 saturated heterocycles. The minimum absolute atomic E-state index is 0.153. The van der Waals surface area contributed by atoms with Crippen molar-refractivity contribution in [2.24, 2.45) is 0 Å². The minimum atomic E-state index is -0.624. The molecule has 2 aromatic rings. The number of aliphatic hydroxyl groups excluding tert-OH is 1. The fraction of sp³-hybridized carbons (Fsp3) is 0.429. The molecule has 0 saturated carbocycles. The van der Waals surface area contributed by atoms with Crippen LogP contribution in [-0.4, -0.2) is 75.7 Å². The third kappa shape index (κ3) is 5.15. The van der Waals surface area contributed by atoms with Crippen molar-refractivity contribution in [2.75, 3.05) is 48.3 Å². The predicted molar refractivity (Wildman–Crippen MR) is 116 cm³/mol.